The maximum absolute atomic E-state index is 12.8. The average molecular weight is 351 g/mol. The summed E-state index contributed by atoms with van der Waals surface area (Å²) >= 11 is 0. The molecule has 0 aromatic carbocycles. The lowest BCUT2D eigenvalue weighted by molar-refractivity contribution is -0.142. The predicted octanol–water partition coefficient (Wildman–Crippen LogP) is 0.885. The Morgan fingerprint density at radius 3 is 2.32 bits per heavy atom. The molecule has 0 saturated heterocycles. The molecule has 0 spiro atoms. The summed E-state index contributed by atoms with van der Waals surface area (Å²) in [5.74, 6) is 0.0873. The first-order valence-corrected chi connectivity index (χ1v) is 8.71. The molecule has 0 bridgehead atoms. The number of hydrogen-bond donors (Lipinski definition) is 0. The lowest BCUT2D eigenvalue weighted by atomic mass is 10.3. The van der Waals surface area contributed by atoms with Gasteiger partial charge in [0.05, 0.1) is 26.3 Å². The number of methoxy groups -OCH3 is 2. The van der Waals surface area contributed by atoms with Crippen LogP contribution in [0.25, 0.3) is 0 Å². The zero-order valence-electron chi connectivity index (χ0n) is 15.4. The largest absolute Gasteiger partial charge is 0.383 e. The fourth-order valence-corrected chi connectivity index (χ4v) is 2.67. The topological polar surface area (TPSA) is 64.0 Å². The number of ether oxygens (including phenoxy) is 2. The lowest BCUT2D eigenvalue weighted by Crippen LogP contribution is -2.45. The summed E-state index contributed by atoms with van der Waals surface area (Å²) in [5.41, 5.74) is 1.04. The molecule has 0 unspecified atom stereocenters. The molecule has 1 saturated carbocycles. The normalized spacial score (nSPS) is 13.7. The van der Waals surface area contributed by atoms with Gasteiger partial charge in [0.1, 0.15) is 0 Å². The molecule has 1 heterocycles. The summed E-state index contributed by atoms with van der Waals surface area (Å²) in [6, 6.07) is 3.95. The quantitative estimate of drug-likeness (QED) is 0.594. The summed E-state index contributed by atoms with van der Waals surface area (Å²) in [6.45, 7) is 2.43. The van der Waals surface area contributed by atoms with Gasteiger partial charge in [0.25, 0.3) is 0 Å². The van der Waals surface area contributed by atoms with Crippen LogP contribution in [-0.2, 0) is 32.7 Å². The second kappa shape index (κ2) is 9.58. The molecule has 1 aromatic rings. The molecule has 140 valence electrons. The van der Waals surface area contributed by atoms with E-state index in [1.165, 1.54) is 0 Å². The Balaban J connectivity index is 2.01. The molecule has 0 radical (unpaired) electrons. The van der Waals surface area contributed by atoms with Crippen molar-refractivity contribution in [3.05, 3.63) is 24.0 Å². The highest BCUT2D eigenvalue weighted by atomic mass is 16.5. The maximum Gasteiger partial charge on any atom is 0.242 e. The standard InChI is InChI=1S/C18H29N3O4/c1-19-8-4-5-16(19)13-20(9-11-24-2)17(22)14-21(10-12-25-3)18(23)15-6-7-15/h4-5,8,15H,6-7,9-14H2,1-3H3. The van der Waals surface area contributed by atoms with Crippen LogP contribution in [0.2, 0.25) is 0 Å². The molecule has 1 fully saturated rings. The van der Waals surface area contributed by atoms with Crippen LogP contribution in [0.15, 0.2) is 18.3 Å². The van der Waals surface area contributed by atoms with Gasteiger partial charge in [-0.15, -0.1) is 0 Å². The molecule has 0 atom stereocenters. The minimum atomic E-state index is -0.0663. The molecule has 1 aliphatic rings. The molecule has 0 aliphatic heterocycles. The fraction of sp³-hybridized carbons (Fsp3) is 0.667. The predicted molar refractivity (Wildman–Crippen MR) is 93.9 cm³/mol. The number of carbonyl (C=O) groups excluding carboxylic acids is 2. The summed E-state index contributed by atoms with van der Waals surface area (Å²) in [5, 5.41) is 0. The van der Waals surface area contributed by atoms with Crippen molar-refractivity contribution in [3.8, 4) is 0 Å². The van der Waals surface area contributed by atoms with Crippen LogP contribution in [0.4, 0.5) is 0 Å². The summed E-state index contributed by atoms with van der Waals surface area (Å²) in [4.78, 5) is 28.6. The molecule has 7 heteroatoms. The zero-order chi connectivity index (χ0) is 18.2. The third-order valence-electron chi connectivity index (χ3n) is 4.45. The third kappa shape index (κ3) is 5.86. The smallest absolute Gasteiger partial charge is 0.242 e. The van der Waals surface area contributed by atoms with E-state index in [-0.39, 0.29) is 24.3 Å². The highest BCUT2D eigenvalue weighted by Crippen LogP contribution is 2.31. The summed E-state index contributed by atoms with van der Waals surface area (Å²) in [6.07, 6.45) is 3.80. The first-order chi connectivity index (χ1) is 12.1. The van der Waals surface area contributed by atoms with Crippen LogP contribution in [0.3, 0.4) is 0 Å². The third-order valence-corrected chi connectivity index (χ3v) is 4.45. The van der Waals surface area contributed by atoms with Gasteiger partial charge in [-0.1, -0.05) is 0 Å². The number of amides is 2. The van der Waals surface area contributed by atoms with Gasteiger partial charge in [0, 0.05) is 52.2 Å². The lowest BCUT2D eigenvalue weighted by Gasteiger charge is -2.27. The Hall–Kier alpha value is -1.86. The Morgan fingerprint density at radius 2 is 1.80 bits per heavy atom. The van der Waals surface area contributed by atoms with E-state index in [4.69, 9.17) is 9.47 Å². The average Bonchev–Trinajstić information content (AvgIpc) is 3.38. The van der Waals surface area contributed by atoms with Crippen molar-refractivity contribution in [2.24, 2.45) is 13.0 Å². The van der Waals surface area contributed by atoms with Crippen LogP contribution in [-0.4, -0.2) is 73.2 Å². The zero-order valence-corrected chi connectivity index (χ0v) is 15.4. The van der Waals surface area contributed by atoms with Gasteiger partial charge in [-0.25, -0.2) is 0 Å². The van der Waals surface area contributed by atoms with E-state index in [9.17, 15) is 9.59 Å². The van der Waals surface area contributed by atoms with Gasteiger partial charge in [0.2, 0.25) is 11.8 Å². The van der Waals surface area contributed by atoms with Crippen molar-refractivity contribution in [1.29, 1.82) is 0 Å². The minimum absolute atomic E-state index is 0.0657. The van der Waals surface area contributed by atoms with Crippen molar-refractivity contribution in [2.45, 2.75) is 19.4 Å². The highest BCUT2D eigenvalue weighted by Gasteiger charge is 2.34. The van der Waals surface area contributed by atoms with Gasteiger partial charge in [-0.05, 0) is 25.0 Å². The Kier molecular flexibility index (Phi) is 7.46. The molecule has 25 heavy (non-hydrogen) atoms. The van der Waals surface area contributed by atoms with Crippen LogP contribution < -0.4 is 0 Å². The second-order valence-electron chi connectivity index (χ2n) is 6.45. The van der Waals surface area contributed by atoms with Crippen LogP contribution in [0, 0.1) is 5.92 Å². The van der Waals surface area contributed by atoms with Crippen molar-refractivity contribution in [3.63, 3.8) is 0 Å². The van der Waals surface area contributed by atoms with Crippen molar-refractivity contribution < 1.29 is 19.1 Å². The van der Waals surface area contributed by atoms with Crippen molar-refractivity contribution >= 4 is 11.8 Å². The van der Waals surface area contributed by atoms with Gasteiger partial charge < -0.3 is 23.8 Å². The van der Waals surface area contributed by atoms with E-state index in [2.05, 4.69) is 0 Å². The Labute approximate surface area is 149 Å². The molecule has 1 aromatic heterocycles. The summed E-state index contributed by atoms with van der Waals surface area (Å²) in [7, 11) is 5.17. The van der Waals surface area contributed by atoms with E-state index in [1.54, 1.807) is 24.0 Å². The van der Waals surface area contributed by atoms with Crippen LogP contribution in [0.5, 0.6) is 0 Å². The number of rotatable bonds is 11. The molecule has 7 nitrogen and oxygen atoms in total. The first kappa shape index (κ1) is 19.5. The molecule has 0 N–H and O–H groups in total. The van der Waals surface area contributed by atoms with E-state index >= 15 is 0 Å². The Morgan fingerprint density at radius 1 is 1.16 bits per heavy atom. The van der Waals surface area contributed by atoms with Crippen molar-refractivity contribution in [2.75, 3.05) is 47.1 Å². The molecular weight excluding hydrogens is 322 g/mol. The molecule has 2 rings (SSSR count). The highest BCUT2D eigenvalue weighted by molar-refractivity contribution is 5.87. The van der Waals surface area contributed by atoms with E-state index < -0.39 is 0 Å². The second-order valence-corrected chi connectivity index (χ2v) is 6.45. The molecular formula is C18H29N3O4. The van der Waals surface area contributed by atoms with E-state index in [1.807, 2.05) is 29.9 Å². The van der Waals surface area contributed by atoms with E-state index in [0.717, 1.165) is 18.5 Å². The monoisotopic (exact) mass is 351 g/mol. The van der Waals surface area contributed by atoms with Crippen LogP contribution >= 0.6 is 0 Å². The first-order valence-electron chi connectivity index (χ1n) is 8.71. The van der Waals surface area contributed by atoms with E-state index in [0.29, 0.717) is 32.8 Å². The minimum Gasteiger partial charge on any atom is -0.383 e. The van der Waals surface area contributed by atoms with Crippen molar-refractivity contribution in [1.82, 2.24) is 14.4 Å². The van der Waals surface area contributed by atoms with Gasteiger partial charge >= 0.3 is 0 Å². The SMILES string of the molecule is COCCN(Cc1cccn1C)C(=O)CN(CCOC)C(=O)C1CC1. The maximum atomic E-state index is 12.8. The summed E-state index contributed by atoms with van der Waals surface area (Å²) < 4.78 is 12.2. The van der Waals surface area contributed by atoms with Gasteiger partial charge in [0.15, 0.2) is 0 Å². The van der Waals surface area contributed by atoms with Crippen LogP contribution in [0.1, 0.15) is 18.5 Å². The number of aromatic nitrogens is 1. The van der Waals surface area contributed by atoms with Gasteiger partial charge in [-0.3, -0.25) is 9.59 Å². The number of carbonyl (C=O) groups is 2. The number of aryl methyl sites for hydroxylation is 1. The Bertz CT molecular complexity index is 568. The molecule has 1 aliphatic carbocycles. The number of hydrogen-bond acceptors (Lipinski definition) is 4. The number of nitrogens with zero attached hydrogens (tertiary/aromatic N) is 3. The fourth-order valence-electron chi connectivity index (χ4n) is 2.67. The van der Waals surface area contributed by atoms with Gasteiger partial charge in [-0.2, -0.15) is 0 Å². The molecule has 2 amide bonds.